The van der Waals surface area contributed by atoms with E-state index >= 15 is 0 Å². The van der Waals surface area contributed by atoms with E-state index in [1.165, 1.54) is 35.1 Å². The molecule has 9 heteroatoms. The maximum Gasteiger partial charge on any atom is 0.291 e. The molecule has 7 aromatic rings. The van der Waals surface area contributed by atoms with Crippen LogP contribution in [0.15, 0.2) is 114 Å². The van der Waals surface area contributed by atoms with Crippen LogP contribution in [0.2, 0.25) is 0 Å². The van der Waals surface area contributed by atoms with Gasteiger partial charge in [0.1, 0.15) is 23.8 Å². The molecule has 0 N–H and O–H groups in total. The number of nitrogens with zero attached hydrogens (tertiary/aromatic N) is 5. The van der Waals surface area contributed by atoms with E-state index in [0.717, 1.165) is 57.1 Å². The topological polar surface area (TPSA) is 83.5 Å². The van der Waals surface area contributed by atoms with Crippen molar-refractivity contribution in [2.75, 3.05) is 6.61 Å². The van der Waals surface area contributed by atoms with E-state index in [9.17, 15) is 4.79 Å². The maximum atomic E-state index is 13.6. The predicted octanol–water partition coefficient (Wildman–Crippen LogP) is 8.06. The number of para-hydroxylation sites is 1. The number of hydrogen-bond acceptors (Lipinski definition) is 7. The Hall–Kier alpha value is -5.54. The second-order valence-electron chi connectivity index (χ2n) is 11.9. The van der Waals surface area contributed by atoms with Gasteiger partial charge in [0, 0.05) is 22.9 Å². The second kappa shape index (κ2) is 14.7. The van der Waals surface area contributed by atoms with Crippen LogP contribution in [0.3, 0.4) is 0 Å². The average Bonchev–Trinajstić information content (AvgIpc) is 3.83. The Kier molecular flexibility index (Phi) is 9.61. The first kappa shape index (κ1) is 32.0. The molecule has 0 saturated heterocycles. The predicted molar refractivity (Wildman–Crippen MR) is 196 cm³/mol. The third kappa shape index (κ3) is 7.32. The maximum absolute atomic E-state index is 13.6. The van der Waals surface area contributed by atoms with E-state index in [4.69, 9.17) is 19.6 Å². The van der Waals surface area contributed by atoms with Crippen molar-refractivity contribution in [1.29, 1.82) is 0 Å². The lowest BCUT2D eigenvalue weighted by Gasteiger charge is -2.10. The highest BCUT2D eigenvalue weighted by molar-refractivity contribution is 7.15. The van der Waals surface area contributed by atoms with Crippen molar-refractivity contribution >= 4 is 22.4 Å². The van der Waals surface area contributed by atoms with Crippen molar-refractivity contribution in [2.45, 2.75) is 46.1 Å². The molecule has 0 spiro atoms. The Labute approximate surface area is 288 Å². The fourth-order valence-corrected chi connectivity index (χ4v) is 6.54. The third-order valence-corrected chi connectivity index (χ3v) is 9.26. The highest BCUT2D eigenvalue weighted by Gasteiger charge is 2.16. The van der Waals surface area contributed by atoms with Gasteiger partial charge in [0.25, 0.3) is 5.56 Å². The Morgan fingerprint density at radius 3 is 2.31 bits per heavy atom. The van der Waals surface area contributed by atoms with Crippen molar-refractivity contribution in [3.63, 3.8) is 0 Å². The Morgan fingerprint density at radius 1 is 0.816 bits per heavy atom. The highest BCUT2D eigenvalue weighted by atomic mass is 32.1. The van der Waals surface area contributed by atoms with Gasteiger partial charge in [-0.1, -0.05) is 86.1 Å². The molecule has 49 heavy (non-hydrogen) atoms. The van der Waals surface area contributed by atoms with Gasteiger partial charge in [-0.2, -0.15) is 14.6 Å². The number of thiazole rings is 1. The molecule has 8 nitrogen and oxygen atoms in total. The van der Waals surface area contributed by atoms with Gasteiger partial charge in [-0.15, -0.1) is 5.10 Å². The molecule has 0 amide bonds. The molecule has 0 saturated carbocycles. The van der Waals surface area contributed by atoms with Crippen LogP contribution in [0, 0.1) is 6.92 Å². The normalized spacial score (nSPS) is 11.8. The van der Waals surface area contributed by atoms with Crippen LogP contribution in [-0.2, 0) is 6.61 Å². The largest absolute Gasteiger partial charge is 0.494 e. The molecule has 0 aliphatic rings. The lowest BCUT2D eigenvalue weighted by atomic mass is 10.0. The molecule has 0 bridgehead atoms. The summed E-state index contributed by atoms with van der Waals surface area (Å²) in [6.45, 7) is 5.43. The Balaban J connectivity index is 1.17. The van der Waals surface area contributed by atoms with Crippen molar-refractivity contribution < 1.29 is 9.47 Å². The number of unbranched alkanes of at least 4 members (excludes halogenated alkanes) is 3. The zero-order chi connectivity index (χ0) is 33.6. The molecule has 0 atom stereocenters. The minimum absolute atomic E-state index is 0.218. The summed E-state index contributed by atoms with van der Waals surface area (Å²) in [5.41, 5.74) is 6.14. The molecule has 0 fully saturated rings. The summed E-state index contributed by atoms with van der Waals surface area (Å²) in [5, 5.41) is 9.55. The van der Waals surface area contributed by atoms with Gasteiger partial charge in [0.2, 0.25) is 4.96 Å². The molecule has 0 unspecified atom stereocenters. The number of ether oxygens (including phenoxy) is 2. The third-order valence-electron chi connectivity index (χ3n) is 8.30. The first-order chi connectivity index (χ1) is 24.1. The number of rotatable bonds is 13. The van der Waals surface area contributed by atoms with Gasteiger partial charge in [-0.05, 0) is 85.1 Å². The number of aromatic nitrogens is 5. The zero-order valence-corrected chi connectivity index (χ0v) is 28.4. The molecule has 3 aromatic heterocycles. The summed E-state index contributed by atoms with van der Waals surface area (Å²) in [5.74, 6) is 2.14. The van der Waals surface area contributed by atoms with Crippen LogP contribution in [0.1, 0.15) is 49.3 Å². The minimum atomic E-state index is -0.218. The molecule has 0 radical (unpaired) electrons. The molecule has 246 valence electrons. The quantitative estimate of drug-likeness (QED) is 0.116. The highest BCUT2D eigenvalue weighted by Crippen LogP contribution is 2.30. The molecule has 4 aromatic carbocycles. The standard InChI is InChI=1S/C40H37N5O3S/c1-3-4-5-12-23-47-34-20-17-30(18-21-34)38-41-40-45(43-38)39(46)36(49-40)25-32-26-44(33-15-10-7-11-16-33)42-37(32)31-19-22-35(28(2)24-31)48-27-29-13-8-6-9-14-29/h6-11,13-22,24-26H,3-5,12,23,27H2,1-2H3. The smallest absolute Gasteiger partial charge is 0.291 e. The summed E-state index contributed by atoms with van der Waals surface area (Å²) in [6.07, 6.45) is 8.49. The number of aryl methyl sites for hydroxylation is 1. The lowest BCUT2D eigenvalue weighted by Crippen LogP contribution is -2.23. The average molecular weight is 668 g/mol. The van der Waals surface area contributed by atoms with Gasteiger partial charge in [-0.25, -0.2) is 4.68 Å². The van der Waals surface area contributed by atoms with E-state index in [1.54, 1.807) is 0 Å². The minimum Gasteiger partial charge on any atom is -0.494 e. The number of benzene rings is 4. The van der Waals surface area contributed by atoms with Crippen molar-refractivity contribution in [3.8, 4) is 39.8 Å². The number of hydrogen-bond donors (Lipinski definition) is 0. The monoisotopic (exact) mass is 667 g/mol. The van der Waals surface area contributed by atoms with Crippen LogP contribution in [0.5, 0.6) is 11.5 Å². The first-order valence-corrected chi connectivity index (χ1v) is 17.4. The van der Waals surface area contributed by atoms with Gasteiger partial charge >= 0.3 is 0 Å². The zero-order valence-electron chi connectivity index (χ0n) is 27.6. The van der Waals surface area contributed by atoms with Crippen LogP contribution in [0.25, 0.3) is 39.4 Å². The van der Waals surface area contributed by atoms with Crippen LogP contribution in [-0.4, -0.2) is 31.0 Å². The van der Waals surface area contributed by atoms with Crippen molar-refractivity contribution in [2.24, 2.45) is 0 Å². The summed E-state index contributed by atoms with van der Waals surface area (Å²) in [4.78, 5) is 18.9. The number of fused-ring (bicyclic) bond motifs is 1. The van der Waals surface area contributed by atoms with Gasteiger partial charge in [-0.3, -0.25) is 4.79 Å². The van der Waals surface area contributed by atoms with E-state index in [0.29, 0.717) is 28.5 Å². The van der Waals surface area contributed by atoms with Crippen LogP contribution < -0.4 is 19.6 Å². The summed E-state index contributed by atoms with van der Waals surface area (Å²) >= 11 is 1.31. The summed E-state index contributed by atoms with van der Waals surface area (Å²) in [7, 11) is 0. The molecule has 3 heterocycles. The van der Waals surface area contributed by atoms with Gasteiger partial charge in [0.15, 0.2) is 5.82 Å². The fraction of sp³-hybridized carbons (Fsp3) is 0.200. The lowest BCUT2D eigenvalue weighted by molar-refractivity contribution is 0.304. The molecular weight excluding hydrogens is 631 g/mol. The van der Waals surface area contributed by atoms with Gasteiger partial charge < -0.3 is 9.47 Å². The fourth-order valence-electron chi connectivity index (χ4n) is 5.64. The molecule has 7 rings (SSSR count). The van der Waals surface area contributed by atoms with E-state index in [1.807, 2.05) is 121 Å². The second-order valence-corrected chi connectivity index (χ2v) is 13.0. The van der Waals surface area contributed by atoms with Crippen molar-refractivity contribution in [3.05, 3.63) is 141 Å². The molecular formula is C40H37N5O3S. The summed E-state index contributed by atoms with van der Waals surface area (Å²) < 4.78 is 15.8. The van der Waals surface area contributed by atoms with Gasteiger partial charge in [0.05, 0.1) is 16.8 Å². The van der Waals surface area contributed by atoms with E-state index in [-0.39, 0.29) is 5.56 Å². The van der Waals surface area contributed by atoms with Crippen molar-refractivity contribution in [1.82, 2.24) is 24.4 Å². The Morgan fingerprint density at radius 2 is 1.57 bits per heavy atom. The van der Waals surface area contributed by atoms with E-state index in [2.05, 4.69) is 18.1 Å². The molecule has 0 aliphatic heterocycles. The Bertz CT molecular complexity index is 2280. The van der Waals surface area contributed by atoms with E-state index < -0.39 is 0 Å². The van der Waals surface area contributed by atoms with Crippen LogP contribution >= 0.6 is 11.3 Å². The summed E-state index contributed by atoms with van der Waals surface area (Å²) in [6, 6.07) is 33.8. The SMILES string of the molecule is CCCCCCOc1ccc(-c2nc3sc(=Cc4cn(-c5ccccc5)nc4-c4ccc(OCc5ccccc5)c(C)c4)c(=O)n3n2)cc1. The molecule has 0 aliphatic carbocycles. The first-order valence-electron chi connectivity index (χ1n) is 16.6. The van der Waals surface area contributed by atoms with Crippen LogP contribution in [0.4, 0.5) is 0 Å².